The third-order valence-corrected chi connectivity index (χ3v) is 4.09. The van der Waals surface area contributed by atoms with E-state index < -0.39 is 0 Å². The molecule has 1 fully saturated rings. The summed E-state index contributed by atoms with van der Waals surface area (Å²) < 4.78 is 13.5. The van der Waals surface area contributed by atoms with Crippen LogP contribution in [0.4, 0.5) is 4.39 Å². The van der Waals surface area contributed by atoms with Gasteiger partial charge < -0.3 is 10.4 Å². The summed E-state index contributed by atoms with van der Waals surface area (Å²) in [7, 11) is 0. The molecule has 2 atom stereocenters. The van der Waals surface area contributed by atoms with Gasteiger partial charge in [-0.25, -0.2) is 4.39 Å². The quantitative estimate of drug-likeness (QED) is 0.875. The topological polar surface area (TPSA) is 49.3 Å². The van der Waals surface area contributed by atoms with Gasteiger partial charge in [0, 0.05) is 11.5 Å². The zero-order valence-electron chi connectivity index (χ0n) is 11.2. The lowest BCUT2D eigenvalue weighted by molar-refractivity contribution is -0.122. The van der Waals surface area contributed by atoms with E-state index in [1.165, 1.54) is 6.07 Å². The van der Waals surface area contributed by atoms with Crippen LogP contribution in [-0.2, 0) is 11.2 Å². The Morgan fingerprint density at radius 2 is 2.26 bits per heavy atom. The maximum Gasteiger partial charge on any atom is 0.224 e. The number of amides is 1. The van der Waals surface area contributed by atoms with Crippen molar-refractivity contribution in [3.63, 3.8) is 0 Å². The van der Waals surface area contributed by atoms with Gasteiger partial charge in [0.2, 0.25) is 5.91 Å². The SMILES string of the molecule is CC1(CO)CCCC1NC(=O)Cc1ccccc1F. The van der Waals surface area contributed by atoms with Gasteiger partial charge in [-0.05, 0) is 24.5 Å². The number of aliphatic hydroxyl groups is 1. The van der Waals surface area contributed by atoms with Gasteiger partial charge in [0.1, 0.15) is 5.82 Å². The first-order valence-corrected chi connectivity index (χ1v) is 6.69. The van der Waals surface area contributed by atoms with E-state index in [0.717, 1.165) is 19.3 Å². The molecule has 1 amide bonds. The molecule has 0 heterocycles. The number of halogens is 1. The lowest BCUT2D eigenvalue weighted by Gasteiger charge is -2.30. The van der Waals surface area contributed by atoms with Gasteiger partial charge in [0.25, 0.3) is 0 Å². The number of aliphatic hydroxyl groups excluding tert-OH is 1. The van der Waals surface area contributed by atoms with Crippen LogP contribution >= 0.6 is 0 Å². The molecule has 1 aromatic carbocycles. The molecule has 0 aliphatic heterocycles. The van der Waals surface area contributed by atoms with Crippen LogP contribution in [0.3, 0.4) is 0 Å². The van der Waals surface area contributed by atoms with E-state index in [2.05, 4.69) is 5.32 Å². The summed E-state index contributed by atoms with van der Waals surface area (Å²) in [5.74, 6) is -0.536. The normalized spacial score (nSPS) is 26.4. The fraction of sp³-hybridized carbons (Fsp3) is 0.533. The fourth-order valence-corrected chi connectivity index (χ4v) is 2.73. The van der Waals surface area contributed by atoms with Crippen molar-refractivity contribution < 1.29 is 14.3 Å². The maximum absolute atomic E-state index is 13.5. The summed E-state index contributed by atoms with van der Waals surface area (Å²) >= 11 is 0. The van der Waals surface area contributed by atoms with Gasteiger partial charge in [-0.3, -0.25) is 4.79 Å². The molecule has 2 N–H and O–H groups in total. The molecule has 1 aliphatic rings. The molecule has 0 aromatic heterocycles. The summed E-state index contributed by atoms with van der Waals surface area (Å²) in [6.45, 7) is 2.05. The number of carbonyl (C=O) groups excluding carboxylic acids is 1. The van der Waals surface area contributed by atoms with Crippen LogP contribution in [0, 0.1) is 11.2 Å². The van der Waals surface area contributed by atoms with Crippen LogP contribution in [0.2, 0.25) is 0 Å². The van der Waals surface area contributed by atoms with Gasteiger partial charge >= 0.3 is 0 Å². The Bertz CT molecular complexity index is 463. The largest absolute Gasteiger partial charge is 0.396 e. The van der Waals surface area contributed by atoms with E-state index in [9.17, 15) is 14.3 Å². The molecule has 1 saturated carbocycles. The minimum Gasteiger partial charge on any atom is -0.396 e. The van der Waals surface area contributed by atoms with E-state index in [1.54, 1.807) is 18.2 Å². The number of hydrogen-bond donors (Lipinski definition) is 2. The van der Waals surface area contributed by atoms with Crippen LogP contribution in [0.15, 0.2) is 24.3 Å². The Hall–Kier alpha value is -1.42. The first-order valence-electron chi connectivity index (χ1n) is 6.69. The van der Waals surface area contributed by atoms with E-state index in [-0.39, 0.29) is 36.2 Å². The van der Waals surface area contributed by atoms with E-state index in [4.69, 9.17) is 0 Å². The van der Waals surface area contributed by atoms with Crippen molar-refractivity contribution in [2.24, 2.45) is 5.41 Å². The second-order valence-electron chi connectivity index (χ2n) is 5.59. The van der Waals surface area contributed by atoms with E-state index in [1.807, 2.05) is 6.92 Å². The first-order chi connectivity index (χ1) is 9.05. The maximum atomic E-state index is 13.5. The molecular formula is C15H20FNO2. The highest BCUT2D eigenvalue weighted by molar-refractivity contribution is 5.79. The predicted molar refractivity (Wildman–Crippen MR) is 71.1 cm³/mol. The molecule has 4 heteroatoms. The monoisotopic (exact) mass is 265 g/mol. The van der Waals surface area contributed by atoms with Gasteiger partial charge in [-0.2, -0.15) is 0 Å². The zero-order chi connectivity index (χ0) is 13.9. The molecule has 0 spiro atoms. The van der Waals surface area contributed by atoms with Gasteiger partial charge in [0.15, 0.2) is 0 Å². The second kappa shape index (κ2) is 5.70. The number of hydrogen-bond acceptors (Lipinski definition) is 2. The Morgan fingerprint density at radius 1 is 1.53 bits per heavy atom. The molecule has 0 saturated heterocycles. The Balaban J connectivity index is 1.97. The summed E-state index contributed by atoms with van der Waals surface area (Å²) in [5, 5.41) is 12.4. The molecule has 1 aromatic rings. The molecule has 104 valence electrons. The highest BCUT2D eigenvalue weighted by Gasteiger charge is 2.38. The number of carbonyl (C=O) groups is 1. The van der Waals surface area contributed by atoms with Crippen molar-refractivity contribution in [2.45, 2.75) is 38.6 Å². The third kappa shape index (κ3) is 3.13. The summed E-state index contributed by atoms with van der Waals surface area (Å²) in [6, 6.07) is 6.29. The minimum atomic E-state index is -0.353. The van der Waals surface area contributed by atoms with Gasteiger partial charge in [-0.15, -0.1) is 0 Å². The van der Waals surface area contributed by atoms with E-state index >= 15 is 0 Å². The highest BCUT2D eigenvalue weighted by atomic mass is 19.1. The highest BCUT2D eigenvalue weighted by Crippen LogP contribution is 2.37. The fourth-order valence-electron chi connectivity index (χ4n) is 2.73. The Labute approximate surface area is 112 Å². The zero-order valence-corrected chi connectivity index (χ0v) is 11.2. The molecular weight excluding hydrogens is 245 g/mol. The Morgan fingerprint density at radius 3 is 2.95 bits per heavy atom. The molecule has 19 heavy (non-hydrogen) atoms. The summed E-state index contributed by atoms with van der Waals surface area (Å²) in [5.41, 5.74) is 0.161. The molecule has 2 unspecified atom stereocenters. The predicted octanol–water partition coefficient (Wildman–Crippen LogP) is 2.04. The van der Waals surface area contributed by atoms with Crippen molar-refractivity contribution in [1.29, 1.82) is 0 Å². The van der Waals surface area contributed by atoms with Crippen molar-refractivity contribution in [2.75, 3.05) is 6.61 Å². The molecule has 0 radical (unpaired) electrons. The molecule has 2 rings (SSSR count). The third-order valence-electron chi connectivity index (χ3n) is 4.09. The molecule has 3 nitrogen and oxygen atoms in total. The van der Waals surface area contributed by atoms with Crippen LogP contribution in [-0.4, -0.2) is 23.7 Å². The van der Waals surface area contributed by atoms with Crippen molar-refractivity contribution in [3.05, 3.63) is 35.6 Å². The van der Waals surface area contributed by atoms with Crippen molar-refractivity contribution >= 4 is 5.91 Å². The molecule has 0 bridgehead atoms. The number of rotatable bonds is 4. The second-order valence-corrected chi connectivity index (χ2v) is 5.59. The standard InChI is InChI=1S/C15H20FNO2/c1-15(10-18)8-4-7-13(15)17-14(19)9-11-5-2-3-6-12(11)16/h2-3,5-6,13,18H,4,7-10H2,1H3,(H,17,19). The minimum absolute atomic E-state index is 0.0169. The van der Waals surface area contributed by atoms with Crippen LogP contribution < -0.4 is 5.32 Å². The summed E-state index contributed by atoms with van der Waals surface area (Å²) in [6.07, 6.45) is 2.83. The van der Waals surface area contributed by atoms with Crippen LogP contribution in [0.1, 0.15) is 31.7 Å². The van der Waals surface area contributed by atoms with Crippen molar-refractivity contribution in [1.82, 2.24) is 5.32 Å². The first kappa shape index (κ1) is 14.0. The van der Waals surface area contributed by atoms with Crippen LogP contribution in [0.25, 0.3) is 0 Å². The number of benzene rings is 1. The van der Waals surface area contributed by atoms with Crippen molar-refractivity contribution in [3.8, 4) is 0 Å². The van der Waals surface area contributed by atoms with Gasteiger partial charge in [0.05, 0.1) is 13.0 Å². The number of nitrogens with one attached hydrogen (secondary N) is 1. The lowest BCUT2D eigenvalue weighted by Crippen LogP contribution is -2.45. The molecule has 1 aliphatic carbocycles. The summed E-state index contributed by atoms with van der Waals surface area (Å²) in [4.78, 5) is 12.0. The lowest BCUT2D eigenvalue weighted by atomic mass is 9.85. The van der Waals surface area contributed by atoms with Gasteiger partial charge in [-0.1, -0.05) is 31.5 Å². The average Bonchev–Trinajstić information content (AvgIpc) is 2.75. The smallest absolute Gasteiger partial charge is 0.224 e. The van der Waals surface area contributed by atoms with Crippen LogP contribution in [0.5, 0.6) is 0 Å². The average molecular weight is 265 g/mol. The Kier molecular flexibility index (Phi) is 4.20. The van der Waals surface area contributed by atoms with E-state index in [0.29, 0.717) is 5.56 Å².